The molecule has 0 atom stereocenters. The van der Waals surface area contributed by atoms with Crippen LogP contribution in [0, 0.1) is 10.1 Å². The van der Waals surface area contributed by atoms with Gasteiger partial charge in [0.25, 0.3) is 5.69 Å². The van der Waals surface area contributed by atoms with E-state index < -0.39 is 0 Å². The third-order valence-corrected chi connectivity index (χ3v) is 3.72. The SMILES string of the molecule is O=[N+]([O-])c1ccc(Br)cc1NCCOC1CCCC1. The number of anilines is 1. The lowest BCUT2D eigenvalue weighted by molar-refractivity contribution is -0.384. The summed E-state index contributed by atoms with van der Waals surface area (Å²) in [5, 5.41) is 14.0. The van der Waals surface area contributed by atoms with E-state index in [0.717, 1.165) is 17.3 Å². The van der Waals surface area contributed by atoms with Crippen molar-refractivity contribution in [1.82, 2.24) is 0 Å². The second-order valence-corrected chi connectivity index (χ2v) is 5.54. The van der Waals surface area contributed by atoms with E-state index in [1.165, 1.54) is 18.9 Å². The fraction of sp³-hybridized carbons (Fsp3) is 0.538. The number of hydrogen-bond acceptors (Lipinski definition) is 4. The molecule has 0 amide bonds. The molecule has 1 aliphatic carbocycles. The minimum absolute atomic E-state index is 0.0871. The molecule has 0 saturated heterocycles. The van der Waals surface area contributed by atoms with Crippen molar-refractivity contribution in [3.8, 4) is 0 Å². The monoisotopic (exact) mass is 328 g/mol. The summed E-state index contributed by atoms with van der Waals surface area (Å²) in [4.78, 5) is 10.5. The summed E-state index contributed by atoms with van der Waals surface area (Å²) in [5.41, 5.74) is 0.610. The quantitative estimate of drug-likeness (QED) is 0.491. The van der Waals surface area contributed by atoms with Gasteiger partial charge in [-0.05, 0) is 25.0 Å². The zero-order valence-corrected chi connectivity index (χ0v) is 12.2. The molecule has 0 aliphatic heterocycles. The molecule has 1 aromatic carbocycles. The normalized spacial score (nSPS) is 15.6. The van der Waals surface area contributed by atoms with Crippen molar-refractivity contribution in [1.29, 1.82) is 0 Å². The molecule has 1 aliphatic rings. The molecule has 0 aromatic heterocycles. The van der Waals surface area contributed by atoms with Crippen LogP contribution >= 0.6 is 15.9 Å². The van der Waals surface area contributed by atoms with Gasteiger partial charge in [0.15, 0.2) is 0 Å². The van der Waals surface area contributed by atoms with E-state index in [1.54, 1.807) is 12.1 Å². The first-order valence-electron chi connectivity index (χ1n) is 6.46. The molecular formula is C13H17BrN2O3. The predicted molar refractivity (Wildman–Crippen MR) is 77.5 cm³/mol. The van der Waals surface area contributed by atoms with Gasteiger partial charge < -0.3 is 10.1 Å². The highest BCUT2D eigenvalue weighted by molar-refractivity contribution is 9.10. The third-order valence-electron chi connectivity index (χ3n) is 3.23. The van der Waals surface area contributed by atoms with Crippen LogP contribution < -0.4 is 5.32 Å². The summed E-state index contributed by atoms with van der Waals surface area (Å²) in [6.45, 7) is 1.15. The van der Waals surface area contributed by atoms with Crippen molar-refractivity contribution < 1.29 is 9.66 Å². The molecule has 2 rings (SSSR count). The second-order valence-electron chi connectivity index (χ2n) is 4.62. The molecule has 19 heavy (non-hydrogen) atoms. The summed E-state index contributed by atoms with van der Waals surface area (Å²) in [6, 6.07) is 4.87. The Bertz CT molecular complexity index is 448. The zero-order chi connectivity index (χ0) is 13.7. The predicted octanol–water partition coefficient (Wildman–Crippen LogP) is 3.73. The minimum atomic E-state index is -0.382. The van der Waals surface area contributed by atoms with E-state index in [1.807, 2.05) is 0 Å². The number of hydrogen-bond donors (Lipinski definition) is 1. The van der Waals surface area contributed by atoms with Gasteiger partial charge in [-0.2, -0.15) is 0 Å². The van der Waals surface area contributed by atoms with Gasteiger partial charge in [-0.25, -0.2) is 0 Å². The zero-order valence-electron chi connectivity index (χ0n) is 10.6. The summed E-state index contributed by atoms with van der Waals surface area (Å²) >= 11 is 3.31. The lowest BCUT2D eigenvalue weighted by Crippen LogP contribution is -2.15. The van der Waals surface area contributed by atoms with Crippen LogP contribution in [0.25, 0.3) is 0 Å². The van der Waals surface area contributed by atoms with Crippen LogP contribution in [0.15, 0.2) is 22.7 Å². The van der Waals surface area contributed by atoms with Crippen molar-refractivity contribution in [2.45, 2.75) is 31.8 Å². The van der Waals surface area contributed by atoms with Crippen molar-refractivity contribution >= 4 is 27.3 Å². The molecule has 1 fully saturated rings. The summed E-state index contributed by atoms with van der Waals surface area (Å²) in [7, 11) is 0. The highest BCUT2D eigenvalue weighted by Gasteiger charge is 2.16. The standard InChI is InChI=1S/C13H17BrN2O3/c14-10-5-6-13(16(17)18)12(9-10)15-7-8-19-11-3-1-2-4-11/h5-6,9,11,15H,1-4,7-8H2. The average molecular weight is 329 g/mol. The number of nitro groups is 1. The van der Waals surface area contributed by atoms with E-state index in [4.69, 9.17) is 4.74 Å². The van der Waals surface area contributed by atoms with Gasteiger partial charge in [-0.15, -0.1) is 0 Å². The highest BCUT2D eigenvalue weighted by Crippen LogP contribution is 2.27. The van der Waals surface area contributed by atoms with Gasteiger partial charge in [-0.1, -0.05) is 28.8 Å². The molecule has 0 unspecified atom stereocenters. The first-order chi connectivity index (χ1) is 9.16. The van der Waals surface area contributed by atoms with Gasteiger partial charge in [-0.3, -0.25) is 10.1 Å². The van der Waals surface area contributed by atoms with Gasteiger partial charge in [0.05, 0.1) is 17.6 Å². The smallest absolute Gasteiger partial charge is 0.292 e. The fourth-order valence-corrected chi connectivity index (χ4v) is 2.64. The molecule has 0 heterocycles. The van der Waals surface area contributed by atoms with Crippen LogP contribution in [0.2, 0.25) is 0 Å². The Morgan fingerprint density at radius 3 is 2.84 bits per heavy atom. The summed E-state index contributed by atoms with van der Waals surface area (Å²) in [5.74, 6) is 0. The van der Waals surface area contributed by atoms with E-state index in [-0.39, 0.29) is 10.6 Å². The van der Waals surface area contributed by atoms with Gasteiger partial charge in [0, 0.05) is 17.1 Å². The maximum Gasteiger partial charge on any atom is 0.292 e. The number of nitrogens with zero attached hydrogens (tertiary/aromatic N) is 1. The van der Waals surface area contributed by atoms with Crippen LogP contribution in [0.5, 0.6) is 0 Å². The maximum absolute atomic E-state index is 10.9. The Labute approximate surface area is 120 Å². The van der Waals surface area contributed by atoms with Gasteiger partial charge in [0.1, 0.15) is 5.69 Å². The lowest BCUT2D eigenvalue weighted by Gasteiger charge is -2.12. The van der Waals surface area contributed by atoms with Crippen molar-refractivity contribution in [3.63, 3.8) is 0 Å². The number of nitro benzene ring substituents is 1. The Balaban J connectivity index is 1.84. The molecule has 1 N–H and O–H groups in total. The van der Waals surface area contributed by atoms with Crippen LogP contribution in [-0.2, 0) is 4.74 Å². The Kier molecular flexibility index (Phi) is 5.15. The van der Waals surface area contributed by atoms with E-state index >= 15 is 0 Å². The van der Waals surface area contributed by atoms with Crippen LogP contribution in [-0.4, -0.2) is 24.2 Å². The molecule has 6 heteroatoms. The molecular weight excluding hydrogens is 312 g/mol. The van der Waals surface area contributed by atoms with Crippen LogP contribution in [0.3, 0.4) is 0 Å². The Morgan fingerprint density at radius 2 is 2.16 bits per heavy atom. The molecule has 5 nitrogen and oxygen atoms in total. The second kappa shape index (κ2) is 6.86. The Hall–Kier alpha value is -1.14. The average Bonchev–Trinajstić information content (AvgIpc) is 2.87. The van der Waals surface area contributed by atoms with Crippen molar-refractivity contribution in [2.24, 2.45) is 0 Å². The first kappa shape index (κ1) is 14.3. The topological polar surface area (TPSA) is 64.4 Å². The first-order valence-corrected chi connectivity index (χ1v) is 7.25. The largest absolute Gasteiger partial charge is 0.377 e. The number of rotatable bonds is 6. The highest BCUT2D eigenvalue weighted by atomic mass is 79.9. The van der Waals surface area contributed by atoms with Crippen LogP contribution in [0.4, 0.5) is 11.4 Å². The third kappa shape index (κ3) is 4.18. The molecule has 1 saturated carbocycles. The molecule has 0 bridgehead atoms. The summed E-state index contributed by atoms with van der Waals surface area (Å²) < 4.78 is 6.53. The number of ether oxygens (including phenoxy) is 1. The fourth-order valence-electron chi connectivity index (χ4n) is 2.28. The number of benzene rings is 1. The molecule has 104 valence electrons. The molecule has 0 radical (unpaired) electrons. The van der Waals surface area contributed by atoms with E-state index in [9.17, 15) is 10.1 Å². The molecule has 0 spiro atoms. The van der Waals surface area contributed by atoms with Gasteiger partial charge in [0.2, 0.25) is 0 Å². The Morgan fingerprint density at radius 1 is 1.42 bits per heavy atom. The molecule has 1 aromatic rings. The van der Waals surface area contributed by atoms with Gasteiger partial charge >= 0.3 is 0 Å². The summed E-state index contributed by atoms with van der Waals surface area (Å²) in [6.07, 6.45) is 5.14. The van der Waals surface area contributed by atoms with E-state index in [2.05, 4.69) is 21.2 Å². The minimum Gasteiger partial charge on any atom is -0.377 e. The number of halogens is 1. The van der Waals surface area contributed by atoms with Crippen LogP contribution in [0.1, 0.15) is 25.7 Å². The lowest BCUT2D eigenvalue weighted by atomic mass is 10.2. The number of nitrogens with one attached hydrogen (secondary N) is 1. The van der Waals surface area contributed by atoms with Crippen molar-refractivity contribution in [3.05, 3.63) is 32.8 Å². The van der Waals surface area contributed by atoms with Crippen molar-refractivity contribution in [2.75, 3.05) is 18.5 Å². The van der Waals surface area contributed by atoms with E-state index in [0.29, 0.717) is 24.9 Å². The maximum atomic E-state index is 10.9.